The van der Waals surface area contributed by atoms with E-state index in [1.165, 1.54) is 6.20 Å². The van der Waals surface area contributed by atoms with Crippen molar-refractivity contribution in [2.45, 2.75) is 199 Å². The Balaban J connectivity index is 1.17. The van der Waals surface area contributed by atoms with E-state index in [0.29, 0.717) is 70.7 Å². The van der Waals surface area contributed by atoms with Crippen LogP contribution in [0.1, 0.15) is 122 Å². The molecule has 2 aromatic rings. The first kappa shape index (κ1) is 59.2. The minimum Gasteiger partial charge on any atom is -0.408 e. The summed E-state index contributed by atoms with van der Waals surface area (Å²) in [5.41, 5.74) is -0.338. The molecule has 3 heterocycles. The van der Waals surface area contributed by atoms with Crippen molar-refractivity contribution in [2.24, 2.45) is 11.8 Å². The van der Waals surface area contributed by atoms with Crippen molar-refractivity contribution in [1.29, 1.82) is 0 Å². The van der Waals surface area contributed by atoms with Gasteiger partial charge in [-0.3, -0.25) is 19.1 Å². The van der Waals surface area contributed by atoms with Crippen LogP contribution in [0, 0.1) is 11.8 Å². The van der Waals surface area contributed by atoms with Gasteiger partial charge in [-0.2, -0.15) is 0 Å². The van der Waals surface area contributed by atoms with Gasteiger partial charge in [0, 0.05) is 48.3 Å². The van der Waals surface area contributed by atoms with Gasteiger partial charge in [0.25, 0.3) is 14.1 Å². The molecule has 15 nitrogen and oxygen atoms in total. The summed E-state index contributed by atoms with van der Waals surface area (Å²) in [6, 6.07) is 9.20. The summed E-state index contributed by atoms with van der Waals surface area (Å²) in [5.74, 6) is 0.651. The molecule has 2 aliphatic rings. The maximum absolute atomic E-state index is 16.2. The molecule has 10 unspecified atom stereocenters. The highest BCUT2D eigenvalue weighted by molar-refractivity contribution is 8.77. The SMILES string of the molecule is [2H]CC1OC(n2ccc(=O)[nH]c2=O)C(F)C1OP(OCCc1ccccc1SSC(C)(C)CCC(=O)NCCOCCOCCOC1OC(CC)C(C)C(C)C1O[Si](C)(C)C(C)(C)C)N(C(C)C)C(C)C. The zero-order valence-electron chi connectivity index (χ0n) is 45.3. The summed E-state index contributed by atoms with van der Waals surface area (Å²) in [4.78, 5) is 40.2. The molecule has 400 valence electrons. The molecule has 4 rings (SSSR count). The average molecular weight is 1060 g/mol. The van der Waals surface area contributed by atoms with E-state index in [-0.39, 0.29) is 53.5 Å². The number of carbonyl (C=O) groups is 1. The molecule has 1 aromatic carbocycles. The van der Waals surface area contributed by atoms with Gasteiger partial charge in [-0.05, 0) is 109 Å². The van der Waals surface area contributed by atoms with Gasteiger partial charge in [-0.1, -0.05) is 81.3 Å². The normalized spacial score (nSPS) is 25.2. The van der Waals surface area contributed by atoms with Crippen LogP contribution >= 0.6 is 30.1 Å². The Bertz CT molecular complexity index is 2030. The highest BCUT2D eigenvalue weighted by atomic mass is 33.1. The average Bonchev–Trinajstić information content (AvgIpc) is 3.60. The Morgan fingerprint density at radius 3 is 2.29 bits per heavy atom. The maximum Gasteiger partial charge on any atom is 0.330 e. The molecule has 0 bridgehead atoms. The Labute approximate surface area is 429 Å². The highest BCUT2D eigenvalue weighted by Crippen LogP contribution is 2.51. The number of nitrogens with zero attached hydrogens (tertiary/aromatic N) is 2. The van der Waals surface area contributed by atoms with Gasteiger partial charge < -0.3 is 42.5 Å². The standard InChI is InChI=1S/C50H86FN4O11PS2Si/c1-16-39-35(6)36(7)44(66-70(14,15)49(9,10)11)47(64-39)61-32-31-60-30-29-59-28-25-52-41(56)21-24-50(12,13)69-68-40-20-18-17-19-38(40)23-27-62-67(55(33(2)3)34(4)5)65-45-37(8)63-46(43(45)51)54-26-22-42(57)53-48(54)58/h17-20,22,26,33-37,39,43-47H,16,21,23-25,27-32H2,1-15H3,(H,52,56)(H,53,57,58)/i8D. The Morgan fingerprint density at radius 2 is 1.64 bits per heavy atom. The van der Waals surface area contributed by atoms with Crippen molar-refractivity contribution in [2.75, 3.05) is 46.2 Å². The third-order valence-electron chi connectivity index (χ3n) is 13.3. The van der Waals surface area contributed by atoms with Gasteiger partial charge in [-0.15, -0.1) is 0 Å². The van der Waals surface area contributed by atoms with Crippen LogP contribution < -0.4 is 16.6 Å². The number of hydrogen-bond acceptors (Lipinski definition) is 14. The quantitative estimate of drug-likeness (QED) is 0.0343. The van der Waals surface area contributed by atoms with E-state index >= 15 is 4.39 Å². The molecule has 20 heteroatoms. The van der Waals surface area contributed by atoms with Crippen molar-refractivity contribution in [3.05, 3.63) is 62.9 Å². The fourth-order valence-corrected chi connectivity index (χ4v) is 13.7. The fourth-order valence-electron chi connectivity index (χ4n) is 7.98. The first-order valence-electron chi connectivity index (χ1n) is 25.7. The Kier molecular flexibility index (Phi) is 23.9. The van der Waals surface area contributed by atoms with E-state index < -0.39 is 59.0 Å². The number of hydrogen-bond donors (Lipinski definition) is 2. The van der Waals surface area contributed by atoms with E-state index in [4.69, 9.17) is 38.5 Å². The van der Waals surface area contributed by atoms with Crippen molar-refractivity contribution in [3.63, 3.8) is 0 Å². The van der Waals surface area contributed by atoms with Crippen LogP contribution in [0.4, 0.5) is 4.39 Å². The van der Waals surface area contributed by atoms with Crippen molar-refractivity contribution in [3.8, 4) is 0 Å². The van der Waals surface area contributed by atoms with Crippen molar-refractivity contribution >= 4 is 44.3 Å². The molecule has 1 amide bonds. The number of amides is 1. The lowest BCUT2D eigenvalue weighted by molar-refractivity contribution is -0.268. The van der Waals surface area contributed by atoms with Crippen molar-refractivity contribution < 1.29 is 47.7 Å². The lowest BCUT2D eigenvalue weighted by Gasteiger charge is -2.49. The van der Waals surface area contributed by atoms with Gasteiger partial charge >= 0.3 is 5.69 Å². The highest BCUT2D eigenvalue weighted by Gasteiger charge is 2.49. The van der Waals surface area contributed by atoms with E-state index in [9.17, 15) is 14.4 Å². The number of aromatic amines is 1. The Hall–Kier alpha value is -1.71. The summed E-state index contributed by atoms with van der Waals surface area (Å²) < 4.78 is 77.0. The largest absolute Gasteiger partial charge is 0.408 e. The van der Waals surface area contributed by atoms with Crippen LogP contribution in [0.25, 0.3) is 0 Å². The molecule has 2 N–H and O–H groups in total. The molecular formula is C50H86FN4O11PS2Si. The molecule has 0 saturated carbocycles. The summed E-state index contributed by atoms with van der Waals surface area (Å²) >= 11 is 0. The third-order valence-corrected chi connectivity index (χ3v) is 23.4. The summed E-state index contributed by atoms with van der Waals surface area (Å²) in [6.07, 6.45) is -2.05. The number of benzene rings is 1. The number of aromatic nitrogens is 2. The number of nitrogens with one attached hydrogen (secondary N) is 2. The topological polar surface area (TPSA) is 161 Å². The van der Waals surface area contributed by atoms with Gasteiger partial charge in [0.2, 0.25) is 5.91 Å². The Morgan fingerprint density at radius 1 is 0.971 bits per heavy atom. The van der Waals surface area contributed by atoms with Crippen LogP contribution in [-0.4, -0.2) is 128 Å². The van der Waals surface area contributed by atoms with Crippen molar-refractivity contribution in [1.82, 2.24) is 19.5 Å². The molecule has 70 heavy (non-hydrogen) atoms. The third kappa shape index (κ3) is 18.0. The molecule has 10 atom stereocenters. The monoisotopic (exact) mass is 1060 g/mol. The molecule has 0 radical (unpaired) electrons. The van der Waals surface area contributed by atoms with Crippen LogP contribution in [0.3, 0.4) is 0 Å². The summed E-state index contributed by atoms with van der Waals surface area (Å²) in [6.45, 7) is 32.7. The molecule has 0 aliphatic carbocycles. The predicted molar refractivity (Wildman–Crippen MR) is 283 cm³/mol. The summed E-state index contributed by atoms with van der Waals surface area (Å²) in [5, 5.41) is 3.06. The van der Waals surface area contributed by atoms with E-state index in [1.807, 2.05) is 39.8 Å². The second kappa shape index (κ2) is 28.3. The molecule has 0 spiro atoms. The van der Waals surface area contributed by atoms with E-state index in [0.717, 1.165) is 27.5 Å². The van der Waals surface area contributed by atoms with E-state index in [1.54, 1.807) is 21.6 Å². The van der Waals surface area contributed by atoms with Gasteiger partial charge in [0.05, 0.1) is 58.0 Å². The number of alkyl halides is 1. The number of rotatable bonds is 29. The minimum absolute atomic E-state index is 0.0135. The molecule has 2 aliphatic heterocycles. The second-order valence-electron chi connectivity index (χ2n) is 21.0. The number of H-pyrrole nitrogens is 1. The second-order valence-corrected chi connectivity index (χ2v) is 30.0. The van der Waals surface area contributed by atoms with E-state index in [2.05, 4.69) is 95.6 Å². The van der Waals surface area contributed by atoms with Crippen LogP contribution in [0.2, 0.25) is 18.1 Å². The zero-order chi connectivity index (χ0) is 52.7. The zero-order valence-corrected chi connectivity index (χ0v) is 47.9. The molecular weight excluding hydrogens is 975 g/mol. The van der Waals surface area contributed by atoms with Gasteiger partial charge in [0.15, 0.2) is 27.0 Å². The van der Waals surface area contributed by atoms with Crippen LogP contribution in [-0.2, 0) is 48.4 Å². The summed E-state index contributed by atoms with van der Waals surface area (Å²) in [7, 11) is -0.503. The first-order valence-corrected chi connectivity index (χ1v) is 31.2. The lowest BCUT2D eigenvalue weighted by atomic mass is 9.82. The number of halogens is 1. The molecule has 1 aromatic heterocycles. The van der Waals surface area contributed by atoms with Crippen LogP contribution in [0.5, 0.6) is 0 Å². The number of carbonyl (C=O) groups excluding carboxylic acids is 1. The van der Waals surface area contributed by atoms with Gasteiger partial charge in [-0.25, -0.2) is 13.9 Å². The maximum atomic E-state index is 16.2. The smallest absolute Gasteiger partial charge is 0.330 e. The minimum atomic E-state index is -2.04. The lowest BCUT2D eigenvalue weighted by Crippen LogP contribution is -2.56. The fraction of sp³-hybridized carbons (Fsp3) is 0.780. The molecule has 2 fully saturated rings. The first-order chi connectivity index (χ1) is 33.4. The molecule has 2 saturated heterocycles. The number of ether oxygens (including phenoxy) is 5. The van der Waals surface area contributed by atoms with Crippen LogP contribution in [0.15, 0.2) is 51.0 Å². The van der Waals surface area contributed by atoms with Gasteiger partial charge in [0.1, 0.15) is 6.10 Å². The predicted octanol–water partition coefficient (Wildman–Crippen LogP) is 10.0.